The third kappa shape index (κ3) is 5.02. The van der Waals surface area contributed by atoms with Gasteiger partial charge in [-0.25, -0.2) is 14.4 Å². The summed E-state index contributed by atoms with van der Waals surface area (Å²) in [4.78, 5) is 29.0. The zero-order valence-corrected chi connectivity index (χ0v) is 14.3. The Hall–Kier alpha value is -3.01. The van der Waals surface area contributed by atoms with Crippen LogP contribution in [0.15, 0.2) is 30.0 Å². The summed E-state index contributed by atoms with van der Waals surface area (Å²) in [6, 6.07) is 5.05. The minimum atomic E-state index is -0.757. The Bertz CT molecular complexity index is 655. The standard InChI is InChI=1S/C17H21N3O4/c1-6-23-16(21)13(17(22)24-7-2)11-19-14-9-8-12(18-3)10-15(14)20(4)5/h8-11,19H,6-7H2,1-2,4-5H3. The number of hydrogen-bond donors (Lipinski definition) is 1. The van der Waals surface area contributed by atoms with Gasteiger partial charge in [0.1, 0.15) is 0 Å². The first kappa shape index (κ1) is 19.0. The molecule has 0 aromatic heterocycles. The first-order valence-corrected chi connectivity index (χ1v) is 7.44. The van der Waals surface area contributed by atoms with Crippen LogP contribution in [0.3, 0.4) is 0 Å². The molecule has 0 spiro atoms. The van der Waals surface area contributed by atoms with Crippen molar-refractivity contribution in [3.8, 4) is 0 Å². The Morgan fingerprint density at radius 1 is 1.21 bits per heavy atom. The number of nitrogens with zero attached hydrogens (tertiary/aromatic N) is 2. The molecule has 0 aliphatic carbocycles. The van der Waals surface area contributed by atoms with E-state index in [9.17, 15) is 9.59 Å². The fraction of sp³-hybridized carbons (Fsp3) is 0.353. The fourth-order valence-corrected chi connectivity index (χ4v) is 1.85. The topological polar surface area (TPSA) is 72.2 Å². The quantitative estimate of drug-likeness (QED) is 0.272. The van der Waals surface area contributed by atoms with Crippen molar-refractivity contribution in [1.29, 1.82) is 0 Å². The molecule has 7 nitrogen and oxygen atoms in total. The number of rotatable bonds is 7. The molecule has 0 aliphatic rings. The minimum Gasteiger partial charge on any atom is -0.462 e. The molecule has 1 aromatic carbocycles. The average Bonchev–Trinajstić information content (AvgIpc) is 2.55. The van der Waals surface area contributed by atoms with E-state index < -0.39 is 11.9 Å². The van der Waals surface area contributed by atoms with Crippen molar-refractivity contribution in [3.05, 3.63) is 41.4 Å². The molecule has 0 bridgehead atoms. The van der Waals surface area contributed by atoms with Crippen molar-refractivity contribution in [3.63, 3.8) is 0 Å². The van der Waals surface area contributed by atoms with E-state index in [1.54, 1.807) is 32.0 Å². The SMILES string of the molecule is [C-]#[N+]c1ccc(NC=C(C(=O)OCC)C(=O)OCC)c(N(C)C)c1. The Kier molecular flexibility index (Phi) is 7.30. The van der Waals surface area contributed by atoms with Gasteiger partial charge < -0.3 is 19.7 Å². The highest BCUT2D eigenvalue weighted by Gasteiger charge is 2.21. The van der Waals surface area contributed by atoms with Crippen molar-refractivity contribution >= 4 is 29.0 Å². The van der Waals surface area contributed by atoms with Crippen LogP contribution in [-0.2, 0) is 19.1 Å². The first-order valence-electron chi connectivity index (χ1n) is 7.44. The van der Waals surface area contributed by atoms with Gasteiger partial charge in [0.25, 0.3) is 0 Å². The Labute approximate surface area is 141 Å². The molecule has 0 fully saturated rings. The van der Waals surface area contributed by atoms with Crippen molar-refractivity contribution in [2.75, 3.05) is 37.5 Å². The van der Waals surface area contributed by atoms with Gasteiger partial charge in [-0.2, -0.15) is 0 Å². The van der Waals surface area contributed by atoms with E-state index in [-0.39, 0.29) is 18.8 Å². The van der Waals surface area contributed by atoms with Crippen molar-refractivity contribution < 1.29 is 19.1 Å². The predicted octanol–water partition coefficient (Wildman–Crippen LogP) is 2.73. The molecule has 7 heteroatoms. The Morgan fingerprint density at radius 2 is 1.79 bits per heavy atom. The molecular formula is C17H21N3O4. The van der Waals surface area contributed by atoms with E-state index in [2.05, 4.69) is 10.2 Å². The van der Waals surface area contributed by atoms with Gasteiger partial charge in [0.15, 0.2) is 11.3 Å². The minimum absolute atomic E-state index is 0.151. The number of esters is 2. The molecule has 0 unspecified atom stereocenters. The van der Waals surface area contributed by atoms with Crippen LogP contribution < -0.4 is 10.2 Å². The normalized spacial score (nSPS) is 9.46. The van der Waals surface area contributed by atoms with Crippen LogP contribution >= 0.6 is 0 Å². The molecule has 0 radical (unpaired) electrons. The van der Waals surface area contributed by atoms with Gasteiger partial charge in [0.05, 0.1) is 25.5 Å². The van der Waals surface area contributed by atoms with Gasteiger partial charge in [0.2, 0.25) is 0 Å². The number of anilines is 2. The van der Waals surface area contributed by atoms with Gasteiger partial charge in [-0.3, -0.25) is 0 Å². The van der Waals surface area contributed by atoms with E-state index in [0.29, 0.717) is 11.4 Å². The summed E-state index contributed by atoms with van der Waals surface area (Å²) in [6.45, 7) is 10.7. The maximum absolute atomic E-state index is 11.9. The molecule has 24 heavy (non-hydrogen) atoms. The summed E-state index contributed by atoms with van der Waals surface area (Å²) in [6.07, 6.45) is 1.26. The lowest BCUT2D eigenvalue weighted by molar-refractivity contribution is -0.146. The number of ether oxygens (including phenoxy) is 2. The van der Waals surface area contributed by atoms with Gasteiger partial charge >= 0.3 is 11.9 Å². The lowest BCUT2D eigenvalue weighted by atomic mass is 10.2. The first-order chi connectivity index (χ1) is 11.4. The lowest BCUT2D eigenvalue weighted by Crippen LogP contribution is -2.20. The fourth-order valence-electron chi connectivity index (χ4n) is 1.85. The Morgan fingerprint density at radius 3 is 2.25 bits per heavy atom. The summed E-state index contributed by atoms with van der Waals surface area (Å²) in [5, 5.41) is 2.92. The number of carbonyl (C=O) groups excluding carboxylic acids is 2. The molecule has 128 valence electrons. The number of benzene rings is 1. The molecular weight excluding hydrogens is 310 g/mol. The smallest absolute Gasteiger partial charge is 0.347 e. The zero-order valence-electron chi connectivity index (χ0n) is 14.3. The third-order valence-electron chi connectivity index (χ3n) is 2.95. The van der Waals surface area contributed by atoms with Gasteiger partial charge in [-0.05, 0) is 26.0 Å². The summed E-state index contributed by atoms with van der Waals surface area (Å²) in [5.74, 6) is -1.51. The molecule has 0 saturated carbocycles. The third-order valence-corrected chi connectivity index (χ3v) is 2.95. The van der Waals surface area contributed by atoms with E-state index in [4.69, 9.17) is 16.0 Å². The van der Waals surface area contributed by atoms with Crippen LogP contribution in [0.4, 0.5) is 17.1 Å². The molecule has 0 amide bonds. The van der Waals surface area contributed by atoms with Crippen LogP contribution in [0.1, 0.15) is 13.8 Å². The molecule has 1 rings (SSSR count). The number of nitrogens with one attached hydrogen (secondary N) is 1. The number of hydrogen-bond acceptors (Lipinski definition) is 6. The largest absolute Gasteiger partial charge is 0.462 e. The van der Waals surface area contributed by atoms with Gasteiger partial charge in [-0.15, -0.1) is 0 Å². The maximum Gasteiger partial charge on any atom is 0.347 e. The van der Waals surface area contributed by atoms with Crippen LogP contribution in [-0.4, -0.2) is 39.2 Å². The molecule has 1 aromatic rings. The lowest BCUT2D eigenvalue weighted by Gasteiger charge is -2.18. The van der Waals surface area contributed by atoms with Gasteiger partial charge in [-0.1, -0.05) is 6.07 Å². The Balaban J connectivity index is 3.15. The van der Waals surface area contributed by atoms with Gasteiger partial charge in [0, 0.05) is 26.0 Å². The summed E-state index contributed by atoms with van der Waals surface area (Å²) in [7, 11) is 3.66. The van der Waals surface area contributed by atoms with E-state index in [1.807, 2.05) is 19.0 Å². The average molecular weight is 331 g/mol. The molecule has 0 aliphatic heterocycles. The highest BCUT2D eigenvalue weighted by molar-refractivity contribution is 6.14. The maximum atomic E-state index is 11.9. The van der Waals surface area contributed by atoms with E-state index >= 15 is 0 Å². The highest BCUT2D eigenvalue weighted by Crippen LogP contribution is 2.29. The summed E-state index contributed by atoms with van der Waals surface area (Å²) < 4.78 is 9.75. The second-order valence-electron chi connectivity index (χ2n) is 4.85. The van der Waals surface area contributed by atoms with Crippen LogP contribution in [0, 0.1) is 6.57 Å². The van der Waals surface area contributed by atoms with E-state index in [0.717, 1.165) is 5.69 Å². The monoisotopic (exact) mass is 331 g/mol. The predicted molar refractivity (Wildman–Crippen MR) is 92.0 cm³/mol. The molecule has 0 saturated heterocycles. The second-order valence-corrected chi connectivity index (χ2v) is 4.85. The second kappa shape index (κ2) is 9.20. The summed E-state index contributed by atoms with van der Waals surface area (Å²) in [5.41, 5.74) is 1.65. The van der Waals surface area contributed by atoms with Crippen LogP contribution in [0.5, 0.6) is 0 Å². The zero-order chi connectivity index (χ0) is 18.1. The van der Waals surface area contributed by atoms with Crippen molar-refractivity contribution in [2.45, 2.75) is 13.8 Å². The van der Waals surface area contributed by atoms with Crippen molar-refractivity contribution in [2.24, 2.45) is 0 Å². The van der Waals surface area contributed by atoms with E-state index in [1.165, 1.54) is 6.20 Å². The highest BCUT2D eigenvalue weighted by atomic mass is 16.6. The summed E-state index contributed by atoms with van der Waals surface area (Å²) >= 11 is 0. The number of carbonyl (C=O) groups is 2. The molecule has 1 N–H and O–H groups in total. The van der Waals surface area contributed by atoms with Crippen LogP contribution in [0.25, 0.3) is 4.85 Å². The molecule has 0 heterocycles. The molecule has 0 atom stereocenters. The van der Waals surface area contributed by atoms with Crippen molar-refractivity contribution in [1.82, 2.24) is 0 Å². The van der Waals surface area contributed by atoms with Crippen LogP contribution in [0.2, 0.25) is 0 Å².